The Kier molecular flexibility index (Phi) is 4.73. The Balaban J connectivity index is 2.05. The molecule has 0 radical (unpaired) electrons. The lowest BCUT2D eigenvalue weighted by Gasteiger charge is -2.10. The Morgan fingerprint density at radius 2 is 2.05 bits per heavy atom. The second-order valence-corrected chi connectivity index (χ2v) is 4.55. The Labute approximate surface area is 122 Å². The number of aryl methyl sites for hydroxylation is 1. The molecular weight excluding hydrogens is 270 g/mol. The van der Waals surface area contributed by atoms with Crippen molar-refractivity contribution in [1.29, 1.82) is 0 Å². The maximum absolute atomic E-state index is 11.9. The molecule has 0 saturated carbocycles. The number of aromatic amines is 1. The van der Waals surface area contributed by atoms with Gasteiger partial charge in [-0.3, -0.25) is 9.59 Å². The minimum absolute atomic E-state index is 0.00471. The first-order valence-corrected chi connectivity index (χ1v) is 6.44. The monoisotopic (exact) mass is 287 g/mol. The highest BCUT2D eigenvalue weighted by Crippen LogP contribution is 2.20. The van der Waals surface area contributed by atoms with E-state index < -0.39 is 0 Å². The van der Waals surface area contributed by atoms with E-state index in [4.69, 9.17) is 4.74 Å². The number of hydrogen-bond donors (Lipinski definition) is 3. The second kappa shape index (κ2) is 6.71. The zero-order chi connectivity index (χ0) is 15.2. The van der Waals surface area contributed by atoms with Crippen molar-refractivity contribution in [2.24, 2.45) is 0 Å². The van der Waals surface area contributed by atoms with Crippen molar-refractivity contribution in [3.05, 3.63) is 47.8 Å². The molecule has 0 aliphatic carbocycles. The highest BCUT2D eigenvalue weighted by atomic mass is 16.5. The Hall–Kier alpha value is -2.60. The van der Waals surface area contributed by atoms with E-state index in [-0.39, 0.29) is 18.4 Å². The first-order chi connectivity index (χ1) is 10.1. The smallest absolute Gasteiger partial charge is 0.272 e. The second-order valence-electron chi connectivity index (χ2n) is 4.55. The van der Waals surface area contributed by atoms with Gasteiger partial charge in [0, 0.05) is 24.7 Å². The van der Waals surface area contributed by atoms with Crippen molar-refractivity contribution in [3.63, 3.8) is 0 Å². The minimum Gasteiger partial charge on any atom is -0.375 e. The molecule has 3 N–H and O–H groups in total. The van der Waals surface area contributed by atoms with Crippen LogP contribution in [0.15, 0.2) is 36.5 Å². The van der Waals surface area contributed by atoms with Gasteiger partial charge in [-0.1, -0.05) is 0 Å². The van der Waals surface area contributed by atoms with Crippen molar-refractivity contribution < 1.29 is 14.3 Å². The molecule has 2 rings (SSSR count). The van der Waals surface area contributed by atoms with Crippen LogP contribution in [0.25, 0.3) is 0 Å². The summed E-state index contributed by atoms with van der Waals surface area (Å²) in [5.74, 6) is -0.431. The molecule has 0 bridgehead atoms. The summed E-state index contributed by atoms with van der Waals surface area (Å²) in [6.45, 7) is 1.86. The van der Waals surface area contributed by atoms with Crippen LogP contribution in [0.1, 0.15) is 16.1 Å². The molecule has 0 saturated heterocycles. The molecule has 0 unspecified atom stereocenters. The Morgan fingerprint density at radius 1 is 1.24 bits per heavy atom. The molecule has 6 heteroatoms. The summed E-state index contributed by atoms with van der Waals surface area (Å²) in [7, 11) is 1.46. The number of carbonyl (C=O) groups is 2. The molecule has 110 valence electrons. The van der Waals surface area contributed by atoms with Crippen molar-refractivity contribution in [2.75, 3.05) is 24.4 Å². The molecule has 1 heterocycles. The van der Waals surface area contributed by atoms with Crippen LogP contribution in [0.4, 0.5) is 11.4 Å². The van der Waals surface area contributed by atoms with Gasteiger partial charge in [-0.05, 0) is 42.8 Å². The molecule has 0 fully saturated rings. The number of ether oxygens (including phenoxy) is 1. The van der Waals surface area contributed by atoms with Crippen molar-refractivity contribution in [2.45, 2.75) is 6.92 Å². The number of hydrogen-bond acceptors (Lipinski definition) is 3. The molecule has 0 aliphatic rings. The number of aromatic nitrogens is 1. The van der Waals surface area contributed by atoms with Crippen molar-refractivity contribution in [3.8, 4) is 0 Å². The molecule has 2 aromatic rings. The summed E-state index contributed by atoms with van der Waals surface area (Å²) in [5, 5.41) is 5.52. The van der Waals surface area contributed by atoms with Gasteiger partial charge in [0.05, 0.1) is 0 Å². The molecule has 1 aromatic carbocycles. The molecule has 6 nitrogen and oxygen atoms in total. The number of anilines is 2. The van der Waals surface area contributed by atoms with Crippen LogP contribution in [0.3, 0.4) is 0 Å². The third-order valence-corrected chi connectivity index (χ3v) is 2.88. The van der Waals surface area contributed by atoms with E-state index in [0.29, 0.717) is 17.1 Å². The predicted octanol–water partition coefficient (Wildman–Crippen LogP) is 2.16. The fraction of sp³-hybridized carbons (Fsp3) is 0.200. The van der Waals surface area contributed by atoms with Crippen LogP contribution in [0, 0.1) is 6.92 Å². The molecule has 0 aliphatic heterocycles. The van der Waals surface area contributed by atoms with Crippen LogP contribution < -0.4 is 10.6 Å². The lowest BCUT2D eigenvalue weighted by molar-refractivity contribution is -0.119. The predicted molar refractivity (Wildman–Crippen MR) is 80.4 cm³/mol. The van der Waals surface area contributed by atoms with E-state index >= 15 is 0 Å². The molecule has 1 aromatic heterocycles. The summed E-state index contributed by atoms with van der Waals surface area (Å²) >= 11 is 0. The van der Waals surface area contributed by atoms with Crippen LogP contribution in [0.5, 0.6) is 0 Å². The average molecular weight is 287 g/mol. The van der Waals surface area contributed by atoms with E-state index in [9.17, 15) is 9.59 Å². The number of methoxy groups -OCH3 is 1. The third-order valence-electron chi connectivity index (χ3n) is 2.88. The maximum Gasteiger partial charge on any atom is 0.272 e. The largest absolute Gasteiger partial charge is 0.375 e. The van der Waals surface area contributed by atoms with Gasteiger partial charge in [0.15, 0.2) is 0 Å². The van der Waals surface area contributed by atoms with Crippen molar-refractivity contribution in [1.82, 2.24) is 4.98 Å². The van der Waals surface area contributed by atoms with Gasteiger partial charge in [0.1, 0.15) is 12.3 Å². The Bertz CT molecular complexity index is 636. The third kappa shape index (κ3) is 3.93. The highest BCUT2D eigenvalue weighted by molar-refractivity contribution is 6.03. The van der Waals surface area contributed by atoms with Gasteiger partial charge in [0.2, 0.25) is 5.91 Å². The number of H-pyrrole nitrogens is 1. The van der Waals surface area contributed by atoms with E-state index in [1.54, 1.807) is 36.5 Å². The standard InChI is InChI=1S/C15H17N3O3/c1-10-8-11(17-15(20)13-4-3-7-16-13)5-6-12(10)18-14(19)9-21-2/h3-8,16H,9H2,1-2H3,(H,17,20)(H,18,19). The zero-order valence-electron chi connectivity index (χ0n) is 11.9. The zero-order valence-corrected chi connectivity index (χ0v) is 11.9. The number of nitrogens with one attached hydrogen (secondary N) is 3. The first-order valence-electron chi connectivity index (χ1n) is 6.44. The van der Waals surface area contributed by atoms with Gasteiger partial charge in [-0.25, -0.2) is 0 Å². The van der Waals surface area contributed by atoms with E-state index in [0.717, 1.165) is 5.56 Å². The summed E-state index contributed by atoms with van der Waals surface area (Å²) < 4.78 is 4.76. The topological polar surface area (TPSA) is 83.2 Å². The lowest BCUT2D eigenvalue weighted by Crippen LogP contribution is -2.18. The summed E-state index contributed by atoms with van der Waals surface area (Å²) in [5.41, 5.74) is 2.70. The molecule has 21 heavy (non-hydrogen) atoms. The molecule has 0 atom stereocenters. The SMILES string of the molecule is COCC(=O)Nc1ccc(NC(=O)c2ccc[nH]2)cc1C. The number of benzene rings is 1. The maximum atomic E-state index is 11.9. The lowest BCUT2D eigenvalue weighted by atomic mass is 10.1. The normalized spacial score (nSPS) is 10.2. The Morgan fingerprint density at radius 3 is 2.67 bits per heavy atom. The van der Waals surface area contributed by atoms with Gasteiger partial charge >= 0.3 is 0 Å². The number of carbonyl (C=O) groups excluding carboxylic acids is 2. The fourth-order valence-electron chi connectivity index (χ4n) is 1.87. The van der Waals surface area contributed by atoms with Crippen LogP contribution >= 0.6 is 0 Å². The minimum atomic E-state index is -0.219. The fourth-order valence-corrected chi connectivity index (χ4v) is 1.87. The average Bonchev–Trinajstić information content (AvgIpc) is 2.96. The molecular formula is C15H17N3O3. The molecule has 0 spiro atoms. The van der Waals surface area contributed by atoms with Gasteiger partial charge in [-0.2, -0.15) is 0 Å². The van der Waals surface area contributed by atoms with Crippen LogP contribution in [-0.4, -0.2) is 30.5 Å². The van der Waals surface area contributed by atoms with E-state index in [2.05, 4.69) is 15.6 Å². The van der Waals surface area contributed by atoms with E-state index in [1.165, 1.54) is 7.11 Å². The van der Waals surface area contributed by atoms with Crippen LogP contribution in [-0.2, 0) is 9.53 Å². The van der Waals surface area contributed by atoms with Gasteiger partial charge < -0.3 is 20.4 Å². The number of amides is 2. The van der Waals surface area contributed by atoms with Gasteiger partial charge in [-0.15, -0.1) is 0 Å². The number of rotatable bonds is 5. The quantitative estimate of drug-likeness (QED) is 0.788. The van der Waals surface area contributed by atoms with E-state index in [1.807, 2.05) is 6.92 Å². The van der Waals surface area contributed by atoms with Gasteiger partial charge in [0.25, 0.3) is 5.91 Å². The van der Waals surface area contributed by atoms with Crippen LogP contribution in [0.2, 0.25) is 0 Å². The highest BCUT2D eigenvalue weighted by Gasteiger charge is 2.08. The van der Waals surface area contributed by atoms with Crippen molar-refractivity contribution >= 4 is 23.2 Å². The molecule has 2 amide bonds. The summed E-state index contributed by atoms with van der Waals surface area (Å²) in [6.07, 6.45) is 1.69. The summed E-state index contributed by atoms with van der Waals surface area (Å²) in [4.78, 5) is 26.2. The first kappa shape index (κ1) is 14.8. The summed E-state index contributed by atoms with van der Waals surface area (Å²) in [6, 6.07) is 8.73.